The van der Waals surface area contributed by atoms with Crippen molar-refractivity contribution in [3.63, 3.8) is 0 Å². The van der Waals surface area contributed by atoms with E-state index < -0.39 is 31.2 Å². The molecule has 110 valence electrons. The van der Waals surface area contributed by atoms with E-state index in [9.17, 15) is 14.0 Å². The van der Waals surface area contributed by atoms with Crippen molar-refractivity contribution in [3.05, 3.63) is 24.3 Å². The molecule has 0 aliphatic heterocycles. The number of carboxylic acids is 1. The third-order valence-corrected chi connectivity index (χ3v) is 2.29. The predicted octanol–water partition coefficient (Wildman–Crippen LogP) is 1.00. The summed E-state index contributed by atoms with van der Waals surface area (Å²) in [6.07, 6.45) is 0. The minimum Gasteiger partial charge on any atom is -0.494 e. The van der Waals surface area contributed by atoms with E-state index in [1.54, 1.807) is 24.3 Å². The Hall–Kier alpha value is -2.31. The van der Waals surface area contributed by atoms with E-state index >= 15 is 0 Å². The molecule has 2 N–H and O–H groups in total. The minimum atomic E-state index is -1.55. The summed E-state index contributed by atoms with van der Waals surface area (Å²) in [7, 11) is 0. The number of carbonyl (C=O) groups is 2. The second kappa shape index (κ2) is 7.98. The van der Waals surface area contributed by atoms with Gasteiger partial charge in [-0.05, 0) is 31.2 Å². The molecule has 1 atom stereocenters. The standard InChI is InChI=1S/C13H16FNO5/c1-2-19-9-3-5-10(6-4-9)20-8-12(16)15-11(7-14)13(17)18/h3-6,11H,2,7-8H2,1H3,(H,15,16)(H,17,18). The molecule has 0 fully saturated rings. The number of ether oxygens (including phenoxy) is 2. The molecule has 1 aromatic carbocycles. The number of halogens is 1. The summed E-state index contributed by atoms with van der Waals surface area (Å²) >= 11 is 0. The Morgan fingerprint density at radius 1 is 1.25 bits per heavy atom. The zero-order valence-electron chi connectivity index (χ0n) is 11.0. The lowest BCUT2D eigenvalue weighted by atomic mass is 10.3. The van der Waals surface area contributed by atoms with Crippen molar-refractivity contribution in [2.24, 2.45) is 0 Å². The van der Waals surface area contributed by atoms with Crippen molar-refractivity contribution < 1.29 is 28.6 Å². The summed E-state index contributed by atoms with van der Waals surface area (Å²) < 4.78 is 22.7. The van der Waals surface area contributed by atoms with Gasteiger partial charge in [0.1, 0.15) is 18.2 Å². The van der Waals surface area contributed by atoms with Gasteiger partial charge in [-0.15, -0.1) is 0 Å². The molecule has 1 unspecified atom stereocenters. The molecule has 0 aromatic heterocycles. The highest BCUT2D eigenvalue weighted by Crippen LogP contribution is 2.17. The highest BCUT2D eigenvalue weighted by atomic mass is 19.1. The maximum absolute atomic E-state index is 12.3. The topological polar surface area (TPSA) is 84.9 Å². The lowest BCUT2D eigenvalue weighted by molar-refractivity contribution is -0.142. The summed E-state index contributed by atoms with van der Waals surface area (Å²) in [4.78, 5) is 21.9. The molecule has 6 nitrogen and oxygen atoms in total. The number of benzene rings is 1. The first kappa shape index (κ1) is 15.7. The average molecular weight is 285 g/mol. The maximum Gasteiger partial charge on any atom is 0.328 e. The third-order valence-electron chi connectivity index (χ3n) is 2.29. The first-order chi connectivity index (χ1) is 9.56. The zero-order chi connectivity index (χ0) is 15.0. The van der Waals surface area contributed by atoms with E-state index in [-0.39, 0.29) is 0 Å². The first-order valence-corrected chi connectivity index (χ1v) is 6.00. The van der Waals surface area contributed by atoms with Gasteiger partial charge in [0.2, 0.25) is 0 Å². The molecule has 0 aliphatic rings. The van der Waals surface area contributed by atoms with E-state index in [0.29, 0.717) is 18.1 Å². The highest BCUT2D eigenvalue weighted by Gasteiger charge is 2.19. The predicted molar refractivity (Wildman–Crippen MR) is 68.6 cm³/mol. The molecule has 0 spiro atoms. The van der Waals surface area contributed by atoms with Gasteiger partial charge < -0.3 is 19.9 Å². The van der Waals surface area contributed by atoms with Gasteiger partial charge in [-0.2, -0.15) is 0 Å². The molecule has 7 heteroatoms. The Morgan fingerprint density at radius 2 is 1.80 bits per heavy atom. The minimum absolute atomic E-state index is 0.391. The molecule has 1 rings (SSSR count). The lowest BCUT2D eigenvalue weighted by Crippen LogP contribution is -2.44. The SMILES string of the molecule is CCOc1ccc(OCC(=O)NC(CF)C(=O)O)cc1. The van der Waals surface area contributed by atoms with Crippen molar-refractivity contribution >= 4 is 11.9 Å². The molecule has 1 aromatic rings. The number of aliphatic carboxylic acids is 1. The Bertz CT molecular complexity index is 449. The van der Waals surface area contributed by atoms with Crippen LogP contribution in [0.25, 0.3) is 0 Å². The van der Waals surface area contributed by atoms with Crippen molar-refractivity contribution in [1.29, 1.82) is 0 Å². The van der Waals surface area contributed by atoms with Crippen molar-refractivity contribution in [2.45, 2.75) is 13.0 Å². The summed E-state index contributed by atoms with van der Waals surface area (Å²) in [6.45, 7) is 0.836. The van der Waals surface area contributed by atoms with Gasteiger partial charge >= 0.3 is 5.97 Å². The number of rotatable bonds is 8. The Kier molecular flexibility index (Phi) is 6.28. The summed E-state index contributed by atoms with van der Waals surface area (Å²) in [6, 6.07) is 5.03. The maximum atomic E-state index is 12.3. The van der Waals surface area contributed by atoms with Crippen LogP contribution < -0.4 is 14.8 Å². The summed E-state index contributed by atoms with van der Waals surface area (Å²) in [5.74, 6) is -1.03. The fourth-order valence-corrected chi connectivity index (χ4v) is 1.35. The van der Waals surface area contributed by atoms with Crippen LogP contribution in [0.2, 0.25) is 0 Å². The highest BCUT2D eigenvalue weighted by molar-refractivity contribution is 5.84. The molecule has 0 saturated heterocycles. The fourth-order valence-electron chi connectivity index (χ4n) is 1.35. The molecule has 1 amide bonds. The largest absolute Gasteiger partial charge is 0.494 e. The van der Waals surface area contributed by atoms with Gasteiger partial charge in [0.05, 0.1) is 6.61 Å². The van der Waals surface area contributed by atoms with Crippen LogP contribution in [0, 0.1) is 0 Å². The first-order valence-electron chi connectivity index (χ1n) is 6.00. The van der Waals surface area contributed by atoms with Gasteiger partial charge in [0, 0.05) is 0 Å². The van der Waals surface area contributed by atoms with Crippen LogP contribution in [-0.2, 0) is 9.59 Å². The Labute approximate surface area is 115 Å². The van der Waals surface area contributed by atoms with Gasteiger partial charge in [-0.1, -0.05) is 0 Å². The van der Waals surface area contributed by atoms with E-state index in [2.05, 4.69) is 0 Å². The number of carboxylic acid groups (broad SMARTS) is 1. The molecule has 0 heterocycles. The van der Waals surface area contributed by atoms with Crippen LogP contribution in [0.4, 0.5) is 4.39 Å². The van der Waals surface area contributed by atoms with Crippen LogP contribution in [0.15, 0.2) is 24.3 Å². The molecule has 0 saturated carbocycles. The van der Waals surface area contributed by atoms with Crippen LogP contribution in [0.3, 0.4) is 0 Å². The van der Waals surface area contributed by atoms with Crippen molar-refractivity contribution in [1.82, 2.24) is 5.32 Å². The van der Waals surface area contributed by atoms with Crippen LogP contribution in [0.1, 0.15) is 6.92 Å². The molecule has 20 heavy (non-hydrogen) atoms. The molecule has 0 radical (unpaired) electrons. The fraction of sp³-hybridized carbons (Fsp3) is 0.385. The second-order valence-electron chi connectivity index (χ2n) is 3.81. The number of alkyl halides is 1. The number of hydrogen-bond donors (Lipinski definition) is 2. The Morgan fingerprint density at radius 3 is 2.25 bits per heavy atom. The number of hydrogen-bond acceptors (Lipinski definition) is 4. The number of nitrogens with one attached hydrogen (secondary N) is 1. The van der Waals surface area contributed by atoms with Crippen LogP contribution in [0.5, 0.6) is 11.5 Å². The second-order valence-corrected chi connectivity index (χ2v) is 3.81. The quantitative estimate of drug-likeness (QED) is 0.744. The van der Waals surface area contributed by atoms with Crippen LogP contribution in [-0.4, -0.2) is 42.9 Å². The van der Waals surface area contributed by atoms with E-state index in [1.165, 1.54) is 0 Å². The summed E-state index contributed by atoms with van der Waals surface area (Å²) in [5.41, 5.74) is 0. The van der Waals surface area contributed by atoms with Gasteiger partial charge in [-0.25, -0.2) is 9.18 Å². The monoisotopic (exact) mass is 285 g/mol. The van der Waals surface area contributed by atoms with Gasteiger partial charge in [0.15, 0.2) is 12.6 Å². The average Bonchev–Trinajstić information content (AvgIpc) is 2.44. The van der Waals surface area contributed by atoms with E-state index in [1.807, 2.05) is 12.2 Å². The normalized spacial score (nSPS) is 11.5. The van der Waals surface area contributed by atoms with Gasteiger partial charge in [0.25, 0.3) is 5.91 Å². The number of amides is 1. The zero-order valence-corrected chi connectivity index (χ0v) is 11.0. The molecule has 0 bridgehead atoms. The lowest BCUT2D eigenvalue weighted by Gasteiger charge is -2.11. The summed E-state index contributed by atoms with van der Waals surface area (Å²) in [5, 5.41) is 10.6. The van der Waals surface area contributed by atoms with Crippen LogP contribution >= 0.6 is 0 Å². The van der Waals surface area contributed by atoms with Gasteiger partial charge in [-0.3, -0.25) is 4.79 Å². The van der Waals surface area contributed by atoms with Crippen molar-refractivity contribution in [3.8, 4) is 11.5 Å². The smallest absolute Gasteiger partial charge is 0.328 e. The Balaban J connectivity index is 2.42. The molecular formula is C13H16FNO5. The molecular weight excluding hydrogens is 269 g/mol. The molecule has 0 aliphatic carbocycles. The van der Waals surface area contributed by atoms with E-state index in [0.717, 1.165) is 0 Å². The third kappa shape index (κ3) is 5.13. The van der Waals surface area contributed by atoms with E-state index in [4.69, 9.17) is 14.6 Å². The van der Waals surface area contributed by atoms with Crippen molar-refractivity contribution in [2.75, 3.05) is 19.9 Å². The number of carbonyl (C=O) groups excluding carboxylic acids is 1.